The van der Waals surface area contributed by atoms with Crippen LogP contribution in [-0.2, 0) is 0 Å². The Morgan fingerprint density at radius 3 is 0.870 bits per heavy atom. The van der Waals surface area contributed by atoms with Crippen molar-refractivity contribution >= 4 is 5.57 Å². The largest absolute Gasteiger partial charge is 0.460 e. The molecule has 0 heterocycles. The average Bonchev–Trinajstić information content (AvgIpc) is 2.87. The minimum absolute atomic E-state index is 0.694. The lowest BCUT2D eigenvalue weighted by Gasteiger charge is -2.45. The minimum atomic E-state index is -9.60. The fraction of sp³-hybridized carbons (Fsp3) is 0.619. The maximum atomic E-state index is 14.1. The van der Waals surface area contributed by atoms with Gasteiger partial charge >= 0.3 is 71.3 Å². The molecule has 0 radical (unpaired) electrons. The number of halogens is 25. The summed E-state index contributed by atoms with van der Waals surface area (Å²) in [6.07, 6.45) is -11.1. The Morgan fingerprint density at radius 2 is 0.609 bits per heavy atom. The molecule has 0 saturated heterocycles. The van der Waals surface area contributed by atoms with E-state index in [0.29, 0.717) is 12.1 Å². The lowest BCUT2D eigenvalue weighted by Crippen LogP contribution is -2.78. The van der Waals surface area contributed by atoms with E-state index in [0.717, 1.165) is 18.2 Å². The minimum Gasteiger partial charge on any atom is -0.199 e. The Hall–Kier alpha value is -2.79. The standard InChI is InChI=1S/C21H9F25/c1-8(9-5-3-2-4-6-9)7-10(22,23)11(24,25)12(26,27)13(28,29)14(30,31)15(32,33)16(34,35)17(36,37)18(38,39)19(40,41)20(42,43)21(44,45)46/h2-6H,1,7H2. The van der Waals surface area contributed by atoms with Crippen LogP contribution >= 0.6 is 0 Å². The van der Waals surface area contributed by atoms with Crippen LogP contribution in [-0.4, -0.2) is 71.3 Å². The van der Waals surface area contributed by atoms with Crippen LogP contribution in [0.4, 0.5) is 110 Å². The van der Waals surface area contributed by atoms with Gasteiger partial charge in [0.25, 0.3) is 0 Å². The summed E-state index contributed by atoms with van der Waals surface area (Å²) in [7, 11) is 0. The molecule has 0 aromatic heterocycles. The van der Waals surface area contributed by atoms with Crippen LogP contribution in [0.5, 0.6) is 0 Å². The number of rotatable bonds is 13. The molecule has 0 bridgehead atoms. The molecule has 268 valence electrons. The Bertz CT molecular complexity index is 1250. The zero-order valence-corrected chi connectivity index (χ0v) is 20.8. The summed E-state index contributed by atoms with van der Waals surface area (Å²) in [5.41, 5.74) is -2.12. The zero-order valence-electron chi connectivity index (χ0n) is 20.8. The van der Waals surface area contributed by atoms with Crippen LogP contribution in [0.25, 0.3) is 5.57 Å². The zero-order chi connectivity index (χ0) is 37.4. The molecule has 0 atom stereocenters. The smallest absolute Gasteiger partial charge is 0.199 e. The first kappa shape index (κ1) is 41.2. The van der Waals surface area contributed by atoms with E-state index >= 15 is 0 Å². The van der Waals surface area contributed by atoms with Gasteiger partial charge in [0.1, 0.15) is 0 Å². The molecule has 0 aliphatic carbocycles. The number of hydrogen-bond acceptors (Lipinski definition) is 0. The normalized spacial score (nSPS) is 16.1. The number of alkyl halides is 25. The van der Waals surface area contributed by atoms with Crippen molar-refractivity contribution in [3.05, 3.63) is 42.5 Å². The van der Waals surface area contributed by atoms with Crippen molar-refractivity contribution in [2.45, 2.75) is 77.7 Å². The molecule has 0 unspecified atom stereocenters. The van der Waals surface area contributed by atoms with Gasteiger partial charge in [-0.1, -0.05) is 36.9 Å². The fourth-order valence-corrected chi connectivity index (χ4v) is 3.14. The Labute approximate surface area is 236 Å². The van der Waals surface area contributed by atoms with Crippen molar-refractivity contribution < 1.29 is 110 Å². The van der Waals surface area contributed by atoms with Gasteiger partial charge in [-0.2, -0.15) is 110 Å². The van der Waals surface area contributed by atoms with Crippen molar-refractivity contribution in [3.63, 3.8) is 0 Å². The van der Waals surface area contributed by atoms with Gasteiger partial charge < -0.3 is 0 Å². The molecule has 0 fully saturated rings. The van der Waals surface area contributed by atoms with Crippen molar-refractivity contribution in [1.82, 2.24) is 0 Å². The summed E-state index contributed by atoms with van der Waals surface area (Å²) < 4.78 is 337. The molecule has 0 aliphatic heterocycles. The van der Waals surface area contributed by atoms with Crippen LogP contribution in [0, 0.1) is 0 Å². The third kappa shape index (κ3) is 5.20. The Balaban J connectivity index is 3.81. The van der Waals surface area contributed by atoms with Gasteiger partial charge in [-0.25, -0.2) is 0 Å². The first-order chi connectivity index (χ1) is 19.7. The third-order valence-electron chi connectivity index (χ3n) is 5.98. The van der Waals surface area contributed by atoms with Crippen LogP contribution in [0.3, 0.4) is 0 Å². The SMILES string of the molecule is C=C(CC(F)(F)C(F)(F)C(F)(F)C(F)(F)C(F)(F)C(F)(F)C(F)(F)C(F)(F)C(F)(F)C(F)(F)C(F)(F)C(F)(F)F)c1ccccc1. The van der Waals surface area contributed by atoms with E-state index in [-0.39, 0.29) is 0 Å². The van der Waals surface area contributed by atoms with Crippen molar-refractivity contribution in [1.29, 1.82) is 0 Å². The predicted octanol–water partition coefficient (Wildman–Crippen LogP) is 10.6. The second kappa shape index (κ2) is 10.9. The van der Waals surface area contributed by atoms with E-state index in [1.807, 2.05) is 0 Å². The monoisotopic (exact) mass is 736 g/mol. The molecular weight excluding hydrogens is 727 g/mol. The maximum absolute atomic E-state index is 14.1. The third-order valence-corrected chi connectivity index (χ3v) is 5.98. The van der Waals surface area contributed by atoms with E-state index in [2.05, 4.69) is 6.58 Å². The topological polar surface area (TPSA) is 0 Å². The van der Waals surface area contributed by atoms with E-state index < -0.39 is 88.9 Å². The quantitative estimate of drug-likeness (QED) is 0.177. The molecule has 1 aromatic carbocycles. The van der Waals surface area contributed by atoms with Crippen LogP contribution in [0.2, 0.25) is 0 Å². The molecule has 25 heteroatoms. The van der Waals surface area contributed by atoms with Crippen LogP contribution < -0.4 is 0 Å². The highest BCUT2D eigenvalue weighted by molar-refractivity contribution is 5.64. The van der Waals surface area contributed by atoms with Gasteiger partial charge in [-0.15, -0.1) is 0 Å². The summed E-state index contributed by atoms with van der Waals surface area (Å²) in [6, 6.07) is 4.33. The van der Waals surface area contributed by atoms with Crippen LogP contribution in [0.1, 0.15) is 12.0 Å². The maximum Gasteiger partial charge on any atom is 0.460 e. The molecule has 0 amide bonds. The molecule has 0 nitrogen and oxygen atoms in total. The molecule has 0 aliphatic rings. The summed E-state index contributed by atoms with van der Waals surface area (Å²) in [5, 5.41) is 0. The predicted molar refractivity (Wildman–Crippen MR) is 101 cm³/mol. The average molecular weight is 736 g/mol. The Morgan fingerprint density at radius 1 is 0.370 bits per heavy atom. The Kier molecular flexibility index (Phi) is 9.74. The van der Waals surface area contributed by atoms with Crippen molar-refractivity contribution in [2.75, 3.05) is 0 Å². The van der Waals surface area contributed by atoms with Gasteiger partial charge in [0.05, 0.1) is 0 Å². The van der Waals surface area contributed by atoms with Gasteiger partial charge in [0, 0.05) is 6.42 Å². The molecule has 1 aromatic rings. The number of benzene rings is 1. The molecule has 46 heavy (non-hydrogen) atoms. The van der Waals surface area contributed by atoms with E-state index in [1.54, 1.807) is 0 Å². The number of allylic oxidation sites excluding steroid dienone is 1. The molecule has 0 saturated carbocycles. The van der Waals surface area contributed by atoms with E-state index in [1.165, 1.54) is 0 Å². The van der Waals surface area contributed by atoms with E-state index in [9.17, 15) is 110 Å². The highest BCUT2D eigenvalue weighted by atomic mass is 19.4. The lowest BCUT2D eigenvalue weighted by molar-refractivity contribution is -0.482. The molecular formula is C21H9F25. The second-order valence-corrected chi connectivity index (χ2v) is 9.09. The van der Waals surface area contributed by atoms with Crippen molar-refractivity contribution in [2.24, 2.45) is 0 Å². The summed E-state index contributed by atoms with van der Waals surface area (Å²) in [6.45, 7) is 2.64. The van der Waals surface area contributed by atoms with Crippen LogP contribution in [0.15, 0.2) is 36.9 Å². The van der Waals surface area contributed by atoms with Gasteiger partial charge in [-0.3, -0.25) is 0 Å². The second-order valence-electron chi connectivity index (χ2n) is 9.09. The first-order valence-electron chi connectivity index (χ1n) is 10.7. The van der Waals surface area contributed by atoms with Crippen molar-refractivity contribution in [3.8, 4) is 0 Å². The summed E-state index contributed by atoms with van der Waals surface area (Å²) >= 11 is 0. The molecule has 0 N–H and O–H groups in total. The summed E-state index contributed by atoms with van der Waals surface area (Å²) in [4.78, 5) is 0. The fourth-order valence-electron chi connectivity index (χ4n) is 3.14. The van der Waals surface area contributed by atoms with Gasteiger partial charge in [0.15, 0.2) is 0 Å². The first-order valence-corrected chi connectivity index (χ1v) is 10.7. The van der Waals surface area contributed by atoms with Gasteiger partial charge in [-0.05, 0) is 11.1 Å². The molecule has 1 rings (SSSR count). The number of hydrogen-bond donors (Lipinski definition) is 0. The lowest BCUT2D eigenvalue weighted by atomic mass is 9.84. The van der Waals surface area contributed by atoms with E-state index in [4.69, 9.17) is 0 Å². The molecule has 0 spiro atoms. The van der Waals surface area contributed by atoms with Gasteiger partial charge in [0.2, 0.25) is 0 Å². The highest BCUT2D eigenvalue weighted by Gasteiger charge is 2.99. The summed E-state index contributed by atoms with van der Waals surface area (Å²) in [5.74, 6) is -98.4. The highest BCUT2D eigenvalue weighted by Crippen LogP contribution is 2.68.